The molecule has 0 radical (unpaired) electrons. The molecule has 0 unspecified atom stereocenters. The first-order chi connectivity index (χ1) is 18.3. The lowest BCUT2D eigenvalue weighted by atomic mass is 9.42. The summed E-state index contributed by atoms with van der Waals surface area (Å²) in [4.78, 5) is 24.7. The summed E-state index contributed by atoms with van der Waals surface area (Å²) in [6.07, 6.45) is -1.96. The molecule has 3 saturated carbocycles. The maximum atomic E-state index is 12.5. The molecule has 0 aromatic carbocycles. The highest BCUT2D eigenvalue weighted by molar-refractivity contribution is 5.95. The fourth-order valence-electron chi connectivity index (χ4n) is 9.16. The Hall–Kier alpha value is -1.40. The summed E-state index contributed by atoms with van der Waals surface area (Å²) in [5.41, 5.74) is -1.30. The normalized spacial score (nSPS) is 51.3. The Balaban J connectivity index is 1.40. The van der Waals surface area contributed by atoms with Gasteiger partial charge in [-0.25, -0.2) is 0 Å². The monoisotopic (exact) mass is 552 g/mol. The van der Waals surface area contributed by atoms with E-state index in [1.807, 2.05) is 0 Å². The van der Waals surface area contributed by atoms with E-state index in [-0.39, 0.29) is 35.4 Å². The molecule has 10 nitrogen and oxygen atoms in total. The highest BCUT2D eigenvalue weighted by Gasteiger charge is 2.68. The van der Waals surface area contributed by atoms with E-state index in [0.29, 0.717) is 19.3 Å². The summed E-state index contributed by atoms with van der Waals surface area (Å²) in [7, 11) is 0. The number of carbonyl (C=O) groups excluding carboxylic acids is 2. The van der Waals surface area contributed by atoms with Crippen LogP contribution in [0.25, 0.3) is 0 Å². The smallest absolute Gasteiger partial charge is 0.303 e. The quantitative estimate of drug-likeness (QED) is 0.246. The Kier molecular flexibility index (Phi) is 7.58. The SMILES string of the molecule is CC(=O)O[C@@H]1C[C@H]2[C@@H]3CC=C(C(C)=O)[C@@]3(C)CC[C@@H]2[C@@]2(C)CC[C@H](O[C@@H]3O[C@H](CO)[C@H](O)[C@H](O)[C@H]3O)C[C@]12O. The molecule has 10 heteroatoms. The minimum atomic E-state index is -1.56. The van der Waals surface area contributed by atoms with Gasteiger partial charge in [0.05, 0.1) is 12.7 Å². The average molecular weight is 553 g/mol. The van der Waals surface area contributed by atoms with Crippen LogP contribution in [-0.2, 0) is 23.8 Å². The van der Waals surface area contributed by atoms with E-state index in [2.05, 4.69) is 19.9 Å². The Bertz CT molecular complexity index is 1010. The Labute approximate surface area is 229 Å². The van der Waals surface area contributed by atoms with Crippen molar-refractivity contribution < 1.29 is 49.3 Å². The number of hydrogen-bond acceptors (Lipinski definition) is 10. The van der Waals surface area contributed by atoms with Crippen molar-refractivity contribution in [3.05, 3.63) is 11.6 Å². The first-order valence-electron chi connectivity index (χ1n) is 14.3. The fraction of sp³-hybridized carbons (Fsp3) is 0.862. The van der Waals surface area contributed by atoms with Crippen LogP contribution in [0.1, 0.15) is 72.6 Å². The number of hydrogen-bond donors (Lipinski definition) is 5. The van der Waals surface area contributed by atoms with Crippen molar-refractivity contribution in [3.8, 4) is 0 Å². The van der Waals surface area contributed by atoms with Crippen molar-refractivity contribution >= 4 is 11.8 Å². The second-order valence-electron chi connectivity index (χ2n) is 13.1. The molecule has 0 spiro atoms. The van der Waals surface area contributed by atoms with Crippen LogP contribution >= 0.6 is 0 Å². The maximum Gasteiger partial charge on any atom is 0.303 e. The molecule has 0 aromatic heterocycles. The Morgan fingerprint density at radius 2 is 1.77 bits per heavy atom. The number of fused-ring (bicyclic) bond motifs is 5. The predicted molar refractivity (Wildman–Crippen MR) is 137 cm³/mol. The molecule has 1 heterocycles. The molecular weight excluding hydrogens is 508 g/mol. The van der Waals surface area contributed by atoms with Gasteiger partial charge in [-0.15, -0.1) is 0 Å². The third-order valence-corrected chi connectivity index (χ3v) is 11.2. The van der Waals surface area contributed by atoms with Crippen molar-refractivity contribution in [2.24, 2.45) is 28.6 Å². The molecule has 0 bridgehead atoms. The summed E-state index contributed by atoms with van der Waals surface area (Å²) in [6.45, 7) is 6.68. The predicted octanol–water partition coefficient (Wildman–Crippen LogP) is 0.996. The molecular formula is C29H44O10. The summed E-state index contributed by atoms with van der Waals surface area (Å²) >= 11 is 0. The van der Waals surface area contributed by atoms with Crippen LogP contribution in [0.4, 0.5) is 0 Å². The number of Topliss-reactive ketones (excluding diaryl/α,β-unsaturated/α-hetero) is 1. The van der Waals surface area contributed by atoms with Gasteiger partial charge < -0.3 is 39.7 Å². The van der Waals surface area contributed by atoms with E-state index in [9.17, 15) is 35.1 Å². The van der Waals surface area contributed by atoms with Crippen molar-refractivity contribution in [3.63, 3.8) is 0 Å². The van der Waals surface area contributed by atoms with Gasteiger partial charge in [0.25, 0.3) is 0 Å². The molecule has 0 amide bonds. The van der Waals surface area contributed by atoms with Gasteiger partial charge in [0.15, 0.2) is 12.1 Å². The van der Waals surface area contributed by atoms with Gasteiger partial charge in [0, 0.05) is 18.8 Å². The van der Waals surface area contributed by atoms with Crippen molar-refractivity contribution in [2.45, 2.75) is 121 Å². The molecule has 5 rings (SSSR count). The van der Waals surface area contributed by atoms with Gasteiger partial charge in [-0.2, -0.15) is 0 Å². The first-order valence-corrected chi connectivity index (χ1v) is 14.3. The van der Waals surface area contributed by atoms with E-state index in [4.69, 9.17) is 14.2 Å². The van der Waals surface area contributed by atoms with Crippen LogP contribution in [0.2, 0.25) is 0 Å². The van der Waals surface area contributed by atoms with E-state index in [1.165, 1.54) is 6.92 Å². The standard InChI is InChI=1S/C29H44O10/c1-14(31)18-5-6-19-17-11-22(37-15(2)32)29(36)12-16(7-10-28(29,4)20(17)8-9-27(18,19)3)38-26-25(35)24(34)23(33)21(13-30)39-26/h5,16-17,19-26,30,33-36H,6-13H2,1-4H3/t16-,17-,19-,20-,21+,22+,23-,24-,25+,26+,27+,28+,29-/m0/s1. The molecule has 220 valence electrons. The minimum absolute atomic E-state index is 0.111. The molecule has 1 saturated heterocycles. The Morgan fingerprint density at radius 1 is 1.05 bits per heavy atom. The summed E-state index contributed by atoms with van der Waals surface area (Å²) in [6, 6.07) is 0. The number of aliphatic hydroxyl groups is 5. The number of rotatable bonds is 5. The van der Waals surface area contributed by atoms with Gasteiger partial charge in [0.2, 0.25) is 0 Å². The number of esters is 1. The average Bonchev–Trinajstić information content (AvgIpc) is 3.23. The van der Waals surface area contributed by atoms with E-state index in [1.54, 1.807) is 6.92 Å². The molecule has 4 aliphatic carbocycles. The zero-order valence-electron chi connectivity index (χ0n) is 23.3. The zero-order chi connectivity index (χ0) is 28.5. The van der Waals surface area contributed by atoms with E-state index >= 15 is 0 Å². The van der Waals surface area contributed by atoms with Crippen LogP contribution in [0.15, 0.2) is 11.6 Å². The van der Waals surface area contributed by atoms with Crippen molar-refractivity contribution in [2.75, 3.05) is 6.61 Å². The molecule has 5 N–H and O–H groups in total. The second-order valence-corrected chi connectivity index (χ2v) is 13.1. The number of allylic oxidation sites excluding steroid dienone is 2. The maximum absolute atomic E-state index is 12.5. The van der Waals surface area contributed by atoms with Crippen LogP contribution in [0.3, 0.4) is 0 Å². The molecule has 0 aromatic rings. The van der Waals surface area contributed by atoms with E-state index < -0.39 is 66.5 Å². The Morgan fingerprint density at radius 3 is 2.41 bits per heavy atom. The largest absolute Gasteiger partial charge is 0.459 e. The van der Waals surface area contributed by atoms with Gasteiger partial charge >= 0.3 is 5.97 Å². The minimum Gasteiger partial charge on any atom is -0.459 e. The highest BCUT2D eigenvalue weighted by Crippen LogP contribution is 2.68. The summed E-state index contributed by atoms with van der Waals surface area (Å²) in [5.74, 6) is 0.213. The third-order valence-electron chi connectivity index (χ3n) is 11.2. The number of ketones is 1. The van der Waals surface area contributed by atoms with Crippen LogP contribution < -0.4 is 0 Å². The molecule has 13 atom stereocenters. The molecule has 1 aliphatic heterocycles. The highest BCUT2D eigenvalue weighted by atomic mass is 16.7. The third kappa shape index (κ3) is 4.42. The zero-order valence-corrected chi connectivity index (χ0v) is 23.3. The second kappa shape index (κ2) is 10.2. The summed E-state index contributed by atoms with van der Waals surface area (Å²) in [5, 5.41) is 52.8. The lowest BCUT2D eigenvalue weighted by Crippen LogP contribution is -2.69. The first kappa shape index (κ1) is 29.1. The van der Waals surface area contributed by atoms with Crippen molar-refractivity contribution in [1.29, 1.82) is 0 Å². The fourth-order valence-corrected chi connectivity index (χ4v) is 9.16. The van der Waals surface area contributed by atoms with Gasteiger partial charge in [-0.3, -0.25) is 9.59 Å². The van der Waals surface area contributed by atoms with E-state index in [0.717, 1.165) is 24.8 Å². The molecule has 39 heavy (non-hydrogen) atoms. The van der Waals surface area contributed by atoms with Crippen molar-refractivity contribution in [1.82, 2.24) is 0 Å². The topological polar surface area (TPSA) is 163 Å². The lowest BCUT2D eigenvalue weighted by molar-refractivity contribution is -0.328. The van der Waals surface area contributed by atoms with Gasteiger partial charge in [0.1, 0.15) is 36.1 Å². The molecule has 5 aliphatic rings. The lowest BCUT2D eigenvalue weighted by Gasteiger charge is -2.65. The number of carbonyl (C=O) groups is 2. The molecule has 4 fully saturated rings. The number of aliphatic hydroxyl groups excluding tert-OH is 4. The van der Waals surface area contributed by atoms with Gasteiger partial charge in [-0.1, -0.05) is 19.9 Å². The van der Waals surface area contributed by atoms with Crippen LogP contribution in [0, 0.1) is 28.6 Å². The van der Waals surface area contributed by atoms with Crippen LogP contribution in [0.5, 0.6) is 0 Å². The summed E-state index contributed by atoms with van der Waals surface area (Å²) < 4.78 is 17.5. The van der Waals surface area contributed by atoms with Gasteiger partial charge in [-0.05, 0) is 74.2 Å². The number of ether oxygens (including phenoxy) is 3. The van der Waals surface area contributed by atoms with Crippen LogP contribution in [-0.4, -0.2) is 92.4 Å².